The molecule has 0 unspecified atom stereocenters. The number of carbonyl (C=O) groups excluding carboxylic acids is 3. The van der Waals surface area contributed by atoms with Gasteiger partial charge in [-0.15, -0.1) is 0 Å². The van der Waals surface area contributed by atoms with Crippen LogP contribution in [0.25, 0.3) is 0 Å². The highest BCUT2D eigenvalue weighted by Gasteiger charge is 2.34. The highest BCUT2D eigenvalue weighted by molar-refractivity contribution is 6.21. The number of amides is 3. The monoisotopic (exact) mass is 325 g/mol. The van der Waals surface area contributed by atoms with Crippen LogP contribution in [0.15, 0.2) is 42.7 Å². The molecule has 0 fully saturated rings. The molecular weight excluding hydrogens is 306 g/mol. The summed E-state index contributed by atoms with van der Waals surface area (Å²) < 4.78 is 0. The second kappa shape index (κ2) is 7.12. The zero-order valence-corrected chi connectivity index (χ0v) is 13.2. The van der Waals surface area contributed by atoms with E-state index in [1.54, 1.807) is 24.3 Å². The Bertz CT molecular complexity index is 718. The first-order valence-corrected chi connectivity index (χ1v) is 8.00. The first-order chi connectivity index (χ1) is 11.7. The number of rotatable bonds is 7. The van der Waals surface area contributed by atoms with Gasteiger partial charge in [0.1, 0.15) is 0 Å². The third kappa shape index (κ3) is 3.37. The molecule has 0 saturated carbocycles. The lowest BCUT2D eigenvalue weighted by Gasteiger charge is -2.13. The Morgan fingerprint density at radius 3 is 2.42 bits per heavy atom. The predicted molar refractivity (Wildman–Crippen MR) is 88.5 cm³/mol. The molecule has 3 amide bonds. The van der Waals surface area contributed by atoms with Crippen LogP contribution in [0.1, 0.15) is 39.1 Å². The van der Waals surface area contributed by atoms with Crippen molar-refractivity contribution >= 4 is 17.7 Å². The number of aromatic amines is 1. The third-order valence-electron chi connectivity index (χ3n) is 4.06. The predicted octanol–water partition coefficient (Wildman–Crippen LogP) is 1.75. The molecule has 3 rings (SSSR count). The summed E-state index contributed by atoms with van der Waals surface area (Å²) in [5, 5.41) is 2.84. The fraction of sp³-hybridized carbons (Fsp3) is 0.278. The highest BCUT2D eigenvalue weighted by Crippen LogP contribution is 2.22. The number of hydrogen-bond donors (Lipinski definition) is 2. The Labute approximate surface area is 139 Å². The van der Waals surface area contributed by atoms with Gasteiger partial charge in [-0.05, 0) is 36.6 Å². The van der Waals surface area contributed by atoms with Crippen molar-refractivity contribution in [2.45, 2.75) is 19.3 Å². The van der Waals surface area contributed by atoms with Crippen LogP contribution in [-0.2, 0) is 11.2 Å². The van der Waals surface area contributed by atoms with Gasteiger partial charge in [-0.25, -0.2) is 0 Å². The van der Waals surface area contributed by atoms with Gasteiger partial charge in [-0.3, -0.25) is 19.3 Å². The zero-order chi connectivity index (χ0) is 16.9. The van der Waals surface area contributed by atoms with Crippen LogP contribution in [0.5, 0.6) is 0 Å². The van der Waals surface area contributed by atoms with Gasteiger partial charge in [0.2, 0.25) is 5.91 Å². The number of benzene rings is 1. The minimum Gasteiger partial charge on any atom is -0.367 e. The average molecular weight is 325 g/mol. The molecule has 0 radical (unpaired) electrons. The summed E-state index contributed by atoms with van der Waals surface area (Å²) in [6.07, 6.45) is 5.27. The molecule has 6 nitrogen and oxygen atoms in total. The van der Waals surface area contributed by atoms with E-state index in [4.69, 9.17) is 0 Å². The normalized spacial score (nSPS) is 13.2. The summed E-state index contributed by atoms with van der Waals surface area (Å²) in [5.74, 6) is -0.617. The highest BCUT2D eigenvalue weighted by atomic mass is 16.2. The van der Waals surface area contributed by atoms with Gasteiger partial charge in [-0.1, -0.05) is 12.1 Å². The maximum atomic E-state index is 12.2. The van der Waals surface area contributed by atoms with E-state index < -0.39 is 0 Å². The molecule has 24 heavy (non-hydrogen) atoms. The lowest BCUT2D eigenvalue weighted by molar-refractivity contribution is -0.121. The van der Waals surface area contributed by atoms with Crippen molar-refractivity contribution in [2.75, 3.05) is 13.1 Å². The van der Waals surface area contributed by atoms with Gasteiger partial charge < -0.3 is 10.3 Å². The molecule has 1 aliphatic rings. The molecular formula is C18H19N3O3. The first-order valence-electron chi connectivity index (χ1n) is 8.00. The molecule has 2 aromatic rings. The molecule has 0 atom stereocenters. The van der Waals surface area contributed by atoms with Gasteiger partial charge in [0.15, 0.2) is 0 Å². The van der Waals surface area contributed by atoms with E-state index in [1.165, 1.54) is 4.90 Å². The Kier molecular flexibility index (Phi) is 4.74. The molecule has 2 heterocycles. The van der Waals surface area contributed by atoms with Gasteiger partial charge >= 0.3 is 0 Å². The number of fused-ring (bicyclic) bond motifs is 1. The van der Waals surface area contributed by atoms with Crippen molar-refractivity contribution in [3.05, 3.63) is 59.4 Å². The average Bonchev–Trinajstić information content (AvgIpc) is 3.18. The number of nitrogens with zero attached hydrogens (tertiary/aromatic N) is 1. The van der Waals surface area contributed by atoms with Gasteiger partial charge in [0, 0.05) is 31.9 Å². The van der Waals surface area contributed by atoms with Crippen LogP contribution < -0.4 is 5.32 Å². The third-order valence-corrected chi connectivity index (χ3v) is 4.06. The fourth-order valence-corrected chi connectivity index (χ4v) is 2.79. The lowest BCUT2D eigenvalue weighted by Crippen LogP contribution is -2.32. The van der Waals surface area contributed by atoms with E-state index in [0.29, 0.717) is 30.5 Å². The van der Waals surface area contributed by atoms with E-state index >= 15 is 0 Å². The minimum atomic E-state index is -0.275. The Morgan fingerprint density at radius 1 is 1.08 bits per heavy atom. The van der Waals surface area contributed by atoms with Crippen molar-refractivity contribution in [1.29, 1.82) is 0 Å². The molecule has 0 bridgehead atoms. The second-order valence-corrected chi connectivity index (χ2v) is 5.73. The van der Waals surface area contributed by atoms with E-state index in [1.807, 2.05) is 18.5 Å². The molecule has 0 spiro atoms. The molecule has 1 aromatic carbocycles. The van der Waals surface area contributed by atoms with E-state index in [-0.39, 0.29) is 24.3 Å². The summed E-state index contributed by atoms with van der Waals surface area (Å²) >= 11 is 0. The van der Waals surface area contributed by atoms with E-state index in [2.05, 4.69) is 10.3 Å². The summed E-state index contributed by atoms with van der Waals surface area (Å²) in [4.78, 5) is 40.4. The van der Waals surface area contributed by atoms with Crippen LogP contribution in [0.4, 0.5) is 0 Å². The summed E-state index contributed by atoms with van der Waals surface area (Å²) in [6.45, 7) is 0.835. The van der Waals surface area contributed by atoms with Crippen molar-refractivity contribution < 1.29 is 14.4 Å². The summed E-state index contributed by atoms with van der Waals surface area (Å²) in [6, 6.07) is 8.76. The molecule has 0 aliphatic carbocycles. The molecule has 1 aliphatic heterocycles. The topological polar surface area (TPSA) is 82.3 Å². The zero-order valence-electron chi connectivity index (χ0n) is 13.2. The molecule has 6 heteroatoms. The number of aromatic nitrogens is 1. The van der Waals surface area contributed by atoms with Crippen LogP contribution in [0.3, 0.4) is 0 Å². The molecule has 1 aromatic heterocycles. The van der Waals surface area contributed by atoms with Crippen molar-refractivity contribution in [1.82, 2.24) is 15.2 Å². The summed E-state index contributed by atoms with van der Waals surface area (Å²) in [5.41, 5.74) is 2.03. The van der Waals surface area contributed by atoms with Gasteiger partial charge in [0.05, 0.1) is 11.1 Å². The number of carbonyl (C=O) groups is 3. The van der Waals surface area contributed by atoms with Gasteiger partial charge in [-0.2, -0.15) is 0 Å². The number of imide groups is 1. The fourth-order valence-electron chi connectivity index (χ4n) is 2.79. The van der Waals surface area contributed by atoms with Crippen molar-refractivity contribution in [3.8, 4) is 0 Å². The number of hydrogen-bond acceptors (Lipinski definition) is 3. The second-order valence-electron chi connectivity index (χ2n) is 5.73. The number of H-pyrrole nitrogens is 1. The standard InChI is InChI=1S/C18H19N3O3/c22-16(20-10-8-13-7-9-19-12-13)6-3-11-21-17(23)14-4-1-2-5-15(14)18(21)24/h1-2,4-5,7,9,12,19H,3,6,8,10-11H2,(H,20,22). The molecule has 2 N–H and O–H groups in total. The van der Waals surface area contributed by atoms with E-state index in [9.17, 15) is 14.4 Å². The Morgan fingerprint density at radius 2 is 1.79 bits per heavy atom. The Balaban J connectivity index is 1.41. The van der Waals surface area contributed by atoms with Crippen LogP contribution in [-0.4, -0.2) is 40.7 Å². The quantitative estimate of drug-likeness (QED) is 0.761. The van der Waals surface area contributed by atoms with Crippen molar-refractivity contribution in [2.24, 2.45) is 0 Å². The Hall–Kier alpha value is -2.89. The van der Waals surface area contributed by atoms with Crippen molar-refractivity contribution in [3.63, 3.8) is 0 Å². The summed E-state index contributed by atoms with van der Waals surface area (Å²) in [7, 11) is 0. The van der Waals surface area contributed by atoms with Gasteiger partial charge in [0.25, 0.3) is 11.8 Å². The molecule has 0 saturated heterocycles. The number of nitrogens with one attached hydrogen (secondary N) is 2. The largest absolute Gasteiger partial charge is 0.367 e. The van der Waals surface area contributed by atoms with Crippen LogP contribution >= 0.6 is 0 Å². The van der Waals surface area contributed by atoms with Crippen LogP contribution in [0, 0.1) is 0 Å². The van der Waals surface area contributed by atoms with Crippen LogP contribution in [0.2, 0.25) is 0 Å². The maximum Gasteiger partial charge on any atom is 0.261 e. The smallest absolute Gasteiger partial charge is 0.261 e. The first kappa shape index (κ1) is 16.0. The SMILES string of the molecule is O=C(CCCN1C(=O)c2ccccc2C1=O)NCCc1cc[nH]c1. The minimum absolute atomic E-state index is 0.0675. The maximum absolute atomic E-state index is 12.2. The molecule has 124 valence electrons. The van der Waals surface area contributed by atoms with E-state index in [0.717, 1.165) is 12.0 Å². The lowest BCUT2D eigenvalue weighted by atomic mass is 10.1.